The van der Waals surface area contributed by atoms with Crippen LogP contribution in [0.15, 0.2) is 30.3 Å². The van der Waals surface area contributed by atoms with Gasteiger partial charge in [0, 0.05) is 5.56 Å². The lowest BCUT2D eigenvalue weighted by atomic mass is 9.77. The Balaban J connectivity index is 1.69. The summed E-state index contributed by atoms with van der Waals surface area (Å²) in [6, 6.07) is 5.87. The summed E-state index contributed by atoms with van der Waals surface area (Å²) in [5.74, 6) is 2.38. The lowest BCUT2D eigenvalue weighted by Gasteiger charge is -2.29. The first-order chi connectivity index (χ1) is 14.0. The molecule has 0 nitrogen and oxygen atoms in total. The quantitative estimate of drug-likeness (QED) is 0.276. The van der Waals surface area contributed by atoms with Crippen LogP contribution >= 0.6 is 0 Å². The molecule has 1 aliphatic rings. The largest absolute Gasteiger partial charge is 0.206 e. The van der Waals surface area contributed by atoms with Crippen molar-refractivity contribution in [3.05, 3.63) is 70.3 Å². The maximum Gasteiger partial charge on any atom is 0.160 e. The second kappa shape index (κ2) is 9.96. The van der Waals surface area contributed by atoms with Crippen molar-refractivity contribution in [1.82, 2.24) is 0 Å². The van der Waals surface area contributed by atoms with Gasteiger partial charge in [0.05, 0.1) is 5.56 Å². The zero-order chi connectivity index (χ0) is 20.8. The molecule has 2 aromatic carbocycles. The van der Waals surface area contributed by atoms with Crippen LogP contribution in [0.25, 0.3) is 0 Å². The van der Waals surface area contributed by atoms with Gasteiger partial charge in [-0.05, 0) is 73.4 Å². The highest BCUT2D eigenvalue weighted by molar-refractivity contribution is 5.45. The molecule has 2 aromatic rings. The van der Waals surface area contributed by atoms with E-state index in [0.717, 1.165) is 43.7 Å². The van der Waals surface area contributed by atoms with Crippen LogP contribution in [-0.4, -0.2) is 0 Å². The van der Waals surface area contributed by atoms with Crippen molar-refractivity contribution >= 4 is 0 Å². The Bertz CT molecular complexity index is 876. The average Bonchev–Trinajstić information content (AvgIpc) is 2.70. The van der Waals surface area contributed by atoms with Gasteiger partial charge in [-0.25, -0.2) is 17.6 Å². The molecule has 0 spiro atoms. The first-order valence-electron chi connectivity index (χ1n) is 10.4. The molecule has 0 atom stereocenters. The molecule has 1 saturated carbocycles. The Morgan fingerprint density at radius 1 is 0.793 bits per heavy atom. The smallest absolute Gasteiger partial charge is 0.160 e. The molecule has 0 aliphatic heterocycles. The van der Waals surface area contributed by atoms with Crippen molar-refractivity contribution in [2.75, 3.05) is 0 Å². The summed E-state index contributed by atoms with van der Waals surface area (Å²) < 4.78 is 55.3. The van der Waals surface area contributed by atoms with E-state index in [9.17, 15) is 17.6 Å². The van der Waals surface area contributed by atoms with Gasteiger partial charge in [-0.3, -0.25) is 0 Å². The van der Waals surface area contributed by atoms with Crippen LogP contribution in [0, 0.1) is 41.0 Å². The van der Waals surface area contributed by atoms with E-state index >= 15 is 0 Å². The molecule has 0 radical (unpaired) electrons. The van der Waals surface area contributed by atoms with Crippen LogP contribution in [-0.2, 0) is 0 Å². The third-order valence-electron chi connectivity index (χ3n) is 5.85. The predicted octanol–water partition coefficient (Wildman–Crippen LogP) is 7.50. The van der Waals surface area contributed by atoms with E-state index in [2.05, 4.69) is 18.8 Å². The zero-order valence-electron chi connectivity index (χ0n) is 16.7. The van der Waals surface area contributed by atoms with Crippen LogP contribution in [0.2, 0.25) is 0 Å². The van der Waals surface area contributed by atoms with Crippen LogP contribution in [0.3, 0.4) is 0 Å². The van der Waals surface area contributed by atoms with E-state index in [1.165, 1.54) is 43.9 Å². The fourth-order valence-electron chi connectivity index (χ4n) is 4.12. The molecule has 154 valence electrons. The molecule has 0 saturated heterocycles. The predicted molar refractivity (Wildman–Crippen MR) is 108 cm³/mol. The summed E-state index contributed by atoms with van der Waals surface area (Å²) in [6.45, 7) is 2.20. The van der Waals surface area contributed by atoms with Gasteiger partial charge in [-0.1, -0.05) is 44.4 Å². The maximum absolute atomic E-state index is 14.5. The van der Waals surface area contributed by atoms with Gasteiger partial charge in [0.15, 0.2) is 11.6 Å². The molecule has 29 heavy (non-hydrogen) atoms. The highest BCUT2D eigenvalue weighted by Gasteiger charge is 2.23. The van der Waals surface area contributed by atoms with Crippen molar-refractivity contribution in [2.24, 2.45) is 5.92 Å². The molecule has 0 aromatic heterocycles. The van der Waals surface area contributed by atoms with Crippen molar-refractivity contribution in [3.8, 4) is 11.8 Å². The number of unbranched alkanes of at least 4 members (excludes halogenated alkanes) is 2. The minimum Gasteiger partial charge on any atom is -0.206 e. The van der Waals surface area contributed by atoms with E-state index in [1.807, 2.05) is 0 Å². The third kappa shape index (κ3) is 5.63. The Labute approximate surface area is 170 Å². The topological polar surface area (TPSA) is 0 Å². The Kier molecular flexibility index (Phi) is 7.36. The van der Waals surface area contributed by atoms with Gasteiger partial charge >= 0.3 is 0 Å². The molecule has 4 heteroatoms. The molecule has 0 amide bonds. The van der Waals surface area contributed by atoms with Crippen LogP contribution in [0.4, 0.5) is 17.6 Å². The highest BCUT2D eigenvalue weighted by atomic mass is 19.2. The molecular weight excluding hydrogens is 376 g/mol. The summed E-state index contributed by atoms with van der Waals surface area (Å²) in [5, 5.41) is 0. The van der Waals surface area contributed by atoms with Crippen molar-refractivity contribution < 1.29 is 17.6 Å². The van der Waals surface area contributed by atoms with E-state index in [0.29, 0.717) is 5.56 Å². The molecular formula is C25H26F4. The summed E-state index contributed by atoms with van der Waals surface area (Å²) in [5.41, 5.74) is 0.505. The molecule has 0 heterocycles. The highest BCUT2D eigenvalue weighted by Crippen LogP contribution is 2.38. The van der Waals surface area contributed by atoms with Gasteiger partial charge in [0.25, 0.3) is 0 Å². The van der Waals surface area contributed by atoms with E-state index in [4.69, 9.17) is 0 Å². The lowest BCUT2D eigenvalue weighted by molar-refractivity contribution is 0.302. The Hall–Kier alpha value is -2.28. The summed E-state index contributed by atoms with van der Waals surface area (Å²) in [6.07, 6.45) is 9.13. The second-order valence-corrected chi connectivity index (χ2v) is 7.95. The molecule has 0 N–H and O–H groups in total. The van der Waals surface area contributed by atoms with Gasteiger partial charge in [0.1, 0.15) is 11.6 Å². The van der Waals surface area contributed by atoms with Gasteiger partial charge in [-0.15, -0.1) is 0 Å². The van der Waals surface area contributed by atoms with Crippen molar-refractivity contribution in [1.29, 1.82) is 0 Å². The number of hydrogen-bond acceptors (Lipinski definition) is 0. The third-order valence-corrected chi connectivity index (χ3v) is 5.85. The van der Waals surface area contributed by atoms with Crippen molar-refractivity contribution in [2.45, 2.75) is 64.2 Å². The van der Waals surface area contributed by atoms with Gasteiger partial charge < -0.3 is 0 Å². The molecule has 0 unspecified atom stereocenters. The average molecular weight is 402 g/mol. The van der Waals surface area contributed by atoms with E-state index < -0.39 is 23.3 Å². The second-order valence-electron chi connectivity index (χ2n) is 7.95. The minimum absolute atomic E-state index is 0.160. The number of hydrogen-bond donors (Lipinski definition) is 0. The Morgan fingerprint density at radius 3 is 2.10 bits per heavy atom. The summed E-state index contributed by atoms with van der Waals surface area (Å²) in [7, 11) is 0. The molecule has 3 rings (SSSR count). The lowest BCUT2D eigenvalue weighted by Crippen LogP contribution is -2.14. The SMILES string of the molecule is CCCCCC1CCC(c2cc(F)c(C#Cc3ccc(F)c(F)c3)c(F)c2)CC1. The normalized spacial score (nSPS) is 18.9. The molecule has 1 fully saturated rings. The molecule has 1 aliphatic carbocycles. The standard InChI is InChI=1S/C25H26F4/c1-2-3-4-5-17-6-10-19(11-7-17)20-15-23(27)21(24(28)16-20)12-8-18-9-13-22(26)25(29)14-18/h9,13-17,19H,2-7,10-11H2,1H3. The van der Waals surface area contributed by atoms with Gasteiger partial charge in [0.2, 0.25) is 0 Å². The van der Waals surface area contributed by atoms with Gasteiger partial charge in [-0.2, -0.15) is 0 Å². The zero-order valence-corrected chi connectivity index (χ0v) is 16.7. The van der Waals surface area contributed by atoms with Crippen LogP contribution in [0.5, 0.6) is 0 Å². The number of benzene rings is 2. The monoisotopic (exact) mass is 402 g/mol. The maximum atomic E-state index is 14.5. The summed E-state index contributed by atoms with van der Waals surface area (Å²) in [4.78, 5) is 0. The van der Waals surface area contributed by atoms with E-state index in [-0.39, 0.29) is 17.0 Å². The van der Waals surface area contributed by atoms with E-state index in [1.54, 1.807) is 0 Å². The minimum atomic E-state index is -1.04. The van der Waals surface area contributed by atoms with Crippen LogP contribution < -0.4 is 0 Å². The van der Waals surface area contributed by atoms with Crippen molar-refractivity contribution in [3.63, 3.8) is 0 Å². The number of halogens is 4. The first-order valence-corrected chi connectivity index (χ1v) is 10.4. The first kappa shape index (κ1) is 21.4. The fourth-order valence-corrected chi connectivity index (χ4v) is 4.12. The summed E-state index contributed by atoms with van der Waals surface area (Å²) >= 11 is 0. The number of rotatable bonds is 5. The molecule has 0 bridgehead atoms. The van der Waals surface area contributed by atoms with Crippen LogP contribution in [0.1, 0.15) is 80.9 Å². The Morgan fingerprint density at radius 2 is 1.48 bits per heavy atom. The fraction of sp³-hybridized carbons (Fsp3) is 0.440.